The van der Waals surface area contributed by atoms with Crippen molar-refractivity contribution in [2.45, 2.75) is 5.52 Å². The molecule has 0 aromatic rings. The van der Waals surface area contributed by atoms with Gasteiger partial charge in [-0.2, -0.15) is 0 Å². The van der Waals surface area contributed by atoms with Gasteiger partial charge in [0.15, 0.2) is 0 Å². The quantitative estimate of drug-likeness (QED) is 0.405. The molecule has 0 saturated carbocycles. The maximum absolute atomic E-state index is 11.0. The average molecular weight is 262 g/mol. The highest BCUT2D eigenvalue weighted by atomic mass is 31.2. The van der Waals surface area contributed by atoms with Gasteiger partial charge < -0.3 is 29.8 Å². The minimum Gasteiger partial charge on any atom is -0.341 e. The largest absolute Gasteiger partial charge is 0.360 e. The highest BCUT2D eigenvalue weighted by Gasteiger charge is 2.48. The summed E-state index contributed by atoms with van der Waals surface area (Å²) in [4.78, 5) is 46.2. The zero-order chi connectivity index (χ0) is 12.4. The summed E-state index contributed by atoms with van der Waals surface area (Å²) in [6.45, 7) is 0. The number of rotatable bonds is 3. The zero-order valence-corrected chi connectivity index (χ0v) is 9.72. The van der Waals surface area contributed by atoms with E-state index in [2.05, 4.69) is 0 Å². The van der Waals surface area contributed by atoms with Gasteiger partial charge in [0.25, 0.3) is 0 Å². The molecule has 0 aromatic heterocycles. The molecule has 0 saturated heterocycles. The molecule has 0 aromatic carbocycles. The van der Waals surface area contributed by atoms with Crippen LogP contribution in [0.5, 0.6) is 0 Å². The Hall–Kier alpha value is -0.430. The lowest BCUT2D eigenvalue weighted by Gasteiger charge is -2.28. The van der Waals surface area contributed by atoms with Gasteiger partial charge in [-0.1, -0.05) is 0 Å². The first-order chi connectivity index (χ1) is 6.51. The molecule has 2 amide bonds. The van der Waals surface area contributed by atoms with E-state index in [-0.39, 0.29) is 4.90 Å². The number of hydrogen-bond acceptors (Lipinski definition) is 3. The average Bonchev–Trinajstić information content (AvgIpc) is 1.97. The minimum atomic E-state index is -5.12. The highest BCUT2D eigenvalue weighted by Crippen LogP contribution is 2.60. The van der Waals surface area contributed by atoms with Crippen molar-refractivity contribution in [3.05, 3.63) is 0 Å². The second kappa shape index (κ2) is 4.61. The maximum atomic E-state index is 11.0. The smallest absolute Gasteiger partial charge is 0.341 e. The van der Waals surface area contributed by atoms with Crippen LogP contribution in [0.15, 0.2) is 0 Å². The number of carbonyl (C=O) groups is 1. The van der Waals surface area contributed by atoms with E-state index in [0.29, 0.717) is 0 Å². The van der Waals surface area contributed by atoms with Crippen LogP contribution >= 0.6 is 15.2 Å². The lowest BCUT2D eigenvalue weighted by atomic mass is 10.8. The van der Waals surface area contributed by atoms with E-state index < -0.39 is 26.7 Å². The van der Waals surface area contributed by atoms with Crippen LogP contribution < -0.4 is 5.32 Å². The summed E-state index contributed by atoms with van der Waals surface area (Å²) >= 11 is 0. The van der Waals surface area contributed by atoms with Gasteiger partial charge in [0.2, 0.25) is 5.52 Å². The van der Waals surface area contributed by atoms with E-state index in [1.165, 1.54) is 0 Å². The van der Waals surface area contributed by atoms with Crippen LogP contribution in [-0.2, 0) is 9.13 Å². The lowest BCUT2D eigenvalue weighted by Crippen LogP contribution is -2.41. The van der Waals surface area contributed by atoms with Gasteiger partial charge in [0.1, 0.15) is 0 Å². The number of nitrogens with zero attached hydrogens (tertiary/aromatic N) is 1. The SMILES string of the molecule is CNC(=O)N(C)C(P(=O)(O)O)P(=O)(O)O. The van der Waals surface area contributed by atoms with Crippen molar-refractivity contribution in [1.82, 2.24) is 10.2 Å². The molecular formula is C4H12N2O7P2. The van der Waals surface area contributed by atoms with Crippen molar-refractivity contribution in [2.24, 2.45) is 0 Å². The number of carbonyl (C=O) groups excluding carboxylic acids is 1. The summed E-state index contributed by atoms with van der Waals surface area (Å²) < 4.78 is 21.6. The molecule has 0 unspecified atom stereocenters. The van der Waals surface area contributed by atoms with E-state index in [4.69, 9.17) is 19.6 Å². The van der Waals surface area contributed by atoms with Gasteiger partial charge in [-0.05, 0) is 0 Å². The molecule has 90 valence electrons. The van der Waals surface area contributed by atoms with Crippen molar-refractivity contribution < 1.29 is 33.5 Å². The van der Waals surface area contributed by atoms with Crippen LogP contribution in [-0.4, -0.2) is 50.1 Å². The third-order valence-corrected chi connectivity index (χ3v) is 5.18. The molecule has 0 heterocycles. The van der Waals surface area contributed by atoms with Gasteiger partial charge >= 0.3 is 21.2 Å². The van der Waals surface area contributed by atoms with Crippen LogP contribution in [0.25, 0.3) is 0 Å². The molecule has 9 nitrogen and oxygen atoms in total. The first kappa shape index (κ1) is 14.6. The van der Waals surface area contributed by atoms with Gasteiger partial charge in [0.05, 0.1) is 0 Å². The summed E-state index contributed by atoms with van der Waals surface area (Å²) in [6.07, 6.45) is 0. The molecule has 11 heteroatoms. The van der Waals surface area contributed by atoms with Gasteiger partial charge in [-0.25, -0.2) is 4.79 Å². The molecule has 5 N–H and O–H groups in total. The van der Waals surface area contributed by atoms with Crippen LogP contribution in [0.1, 0.15) is 0 Å². The lowest BCUT2D eigenvalue weighted by molar-refractivity contribution is 0.202. The van der Waals surface area contributed by atoms with Crippen molar-refractivity contribution in [2.75, 3.05) is 14.1 Å². The van der Waals surface area contributed by atoms with Crippen LogP contribution in [0.3, 0.4) is 0 Å². The zero-order valence-electron chi connectivity index (χ0n) is 7.93. The molecule has 0 aliphatic heterocycles. The Morgan fingerprint density at radius 1 is 1.20 bits per heavy atom. The number of hydrogen-bond donors (Lipinski definition) is 5. The molecule has 0 aliphatic rings. The molecule has 0 rings (SSSR count). The second-order valence-electron chi connectivity index (χ2n) is 2.69. The van der Waals surface area contributed by atoms with Gasteiger partial charge in [-0.3, -0.25) is 9.13 Å². The van der Waals surface area contributed by atoms with E-state index in [9.17, 15) is 13.9 Å². The third-order valence-electron chi connectivity index (χ3n) is 1.48. The van der Waals surface area contributed by atoms with E-state index in [0.717, 1.165) is 14.1 Å². The Balaban J connectivity index is 5.25. The number of amides is 2. The Bertz CT molecular complexity index is 310. The Labute approximate surface area is 85.4 Å². The minimum absolute atomic E-state index is 0.279. The van der Waals surface area contributed by atoms with E-state index >= 15 is 0 Å². The monoisotopic (exact) mass is 262 g/mol. The fraction of sp³-hybridized carbons (Fsp3) is 0.750. The van der Waals surface area contributed by atoms with Crippen molar-refractivity contribution in [1.29, 1.82) is 0 Å². The summed E-state index contributed by atoms with van der Waals surface area (Å²) in [5.41, 5.74) is -2.47. The molecule has 0 spiro atoms. The van der Waals surface area contributed by atoms with Crippen molar-refractivity contribution >= 4 is 21.2 Å². The summed E-state index contributed by atoms with van der Waals surface area (Å²) in [7, 11) is -8.20. The second-order valence-corrected chi connectivity index (χ2v) is 6.43. The molecule has 0 bridgehead atoms. The summed E-state index contributed by atoms with van der Waals surface area (Å²) in [5.74, 6) is 0. The number of urea groups is 1. The molecule has 15 heavy (non-hydrogen) atoms. The van der Waals surface area contributed by atoms with Crippen molar-refractivity contribution in [3.8, 4) is 0 Å². The summed E-state index contributed by atoms with van der Waals surface area (Å²) in [5, 5.41) is 1.99. The van der Waals surface area contributed by atoms with Crippen LogP contribution in [0.2, 0.25) is 0 Å². The Morgan fingerprint density at radius 2 is 1.53 bits per heavy atom. The van der Waals surface area contributed by atoms with E-state index in [1.807, 2.05) is 5.32 Å². The standard InChI is InChI=1S/C4H12N2O7P2/c1-5-3(7)6(2)4(14(8,9)10)15(11,12)13/h4H,1-2H3,(H,5,7)(H2,8,9,10)(H2,11,12,13). The molecule has 0 aliphatic carbocycles. The first-order valence-electron chi connectivity index (χ1n) is 3.56. The fourth-order valence-electron chi connectivity index (χ4n) is 0.928. The third kappa shape index (κ3) is 3.90. The predicted octanol–water partition coefficient (Wildman–Crippen LogP) is -1.10. The normalized spacial score (nSPS) is 12.7. The molecule has 0 radical (unpaired) electrons. The van der Waals surface area contributed by atoms with Crippen LogP contribution in [0.4, 0.5) is 4.79 Å². The van der Waals surface area contributed by atoms with Gasteiger partial charge in [0, 0.05) is 14.1 Å². The molecule has 0 atom stereocenters. The first-order valence-corrected chi connectivity index (χ1v) is 6.93. The maximum Gasteiger partial charge on any atom is 0.360 e. The fourth-order valence-corrected chi connectivity index (χ4v) is 3.61. The van der Waals surface area contributed by atoms with Crippen molar-refractivity contribution in [3.63, 3.8) is 0 Å². The molecular weight excluding hydrogens is 250 g/mol. The van der Waals surface area contributed by atoms with Crippen LogP contribution in [0, 0.1) is 0 Å². The van der Waals surface area contributed by atoms with Gasteiger partial charge in [-0.15, -0.1) is 0 Å². The highest BCUT2D eigenvalue weighted by molar-refractivity contribution is 7.70. The topological polar surface area (TPSA) is 147 Å². The van der Waals surface area contributed by atoms with E-state index in [1.54, 1.807) is 0 Å². The number of nitrogens with one attached hydrogen (secondary N) is 1. The molecule has 0 fully saturated rings. The Morgan fingerprint density at radius 3 is 1.73 bits per heavy atom. The Kier molecular flexibility index (Phi) is 4.48. The predicted molar refractivity (Wildman–Crippen MR) is 50.1 cm³/mol. The summed E-state index contributed by atoms with van der Waals surface area (Å²) in [6, 6.07) is -1.01.